The Balaban J connectivity index is 1.51. The van der Waals surface area contributed by atoms with E-state index >= 15 is 0 Å². The van der Waals surface area contributed by atoms with E-state index in [0.717, 1.165) is 22.0 Å². The van der Waals surface area contributed by atoms with E-state index in [4.69, 9.17) is 11.6 Å². The second kappa shape index (κ2) is 10.1. The van der Waals surface area contributed by atoms with Crippen LogP contribution >= 0.6 is 11.6 Å². The van der Waals surface area contributed by atoms with E-state index in [0.29, 0.717) is 24.1 Å². The van der Waals surface area contributed by atoms with Gasteiger partial charge in [0, 0.05) is 30.6 Å². The molecule has 0 saturated heterocycles. The summed E-state index contributed by atoms with van der Waals surface area (Å²) in [4.78, 5) is 42.3. The predicted octanol–water partition coefficient (Wildman–Crippen LogP) is 4.18. The van der Waals surface area contributed by atoms with E-state index in [2.05, 4.69) is 15.6 Å². The molecular formula is C26H25ClN4O4. The molecule has 180 valence electrons. The summed E-state index contributed by atoms with van der Waals surface area (Å²) in [5.41, 5.74) is 0.578. The van der Waals surface area contributed by atoms with Crippen LogP contribution in [0.1, 0.15) is 19.4 Å². The molecule has 0 aliphatic rings. The van der Waals surface area contributed by atoms with Crippen molar-refractivity contribution < 1.29 is 9.90 Å². The first kappa shape index (κ1) is 24.2. The van der Waals surface area contributed by atoms with Crippen LogP contribution in [0.2, 0.25) is 5.15 Å². The number of fused-ring (bicyclic) bond motifs is 1. The van der Waals surface area contributed by atoms with Crippen molar-refractivity contribution in [2.45, 2.75) is 26.3 Å². The summed E-state index contributed by atoms with van der Waals surface area (Å²) in [6.45, 7) is 4.82. The van der Waals surface area contributed by atoms with Crippen molar-refractivity contribution in [3.63, 3.8) is 0 Å². The molecule has 1 heterocycles. The molecule has 35 heavy (non-hydrogen) atoms. The lowest BCUT2D eigenvalue weighted by atomic mass is 10.0. The van der Waals surface area contributed by atoms with Crippen LogP contribution in [0.25, 0.3) is 10.8 Å². The van der Waals surface area contributed by atoms with Crippen molar-refractivity contribution in [1.29, 1.82) is 0 Å². The summed E-state index contributed by atoms with van der Waals surface area (Å²) in [5, 5.41) is 18.1. The quantitative estimate of drug-likeness (QED) is 0.223. The minimum atomic E-state index is -1.11. The van der Waals surface area contributed by atoms with Gasteiger partial charge in [-0.05, 0) is 43.0 Å². The van der Waals surface area contributed by atoms with Crippen molar-refractivity contribution in [3.8, 4) is 0 Å². The first-order chi connectivity index (χ1) is 16.8. The van der Waals surface area contributed by atoms with Gasteiger partial charge in [-0.1, -0.05) is 48.0 Å². The van der Waals surface area contributed by atoms with E-state index in [9.17, 15) is 19.5 Å². The molecule has 0 saturated carbocycles. The second-order valence-corrected chi connectivity index (χ2v) is 8.52. The van der Waals surface area contributed by atoms with Crippen LogP contribution in [0, 0.1) is 0 Å². The van der Waals surface area contributed by atoms with Gasteiger partial charge in [0.2, 0.25) is 0 Å². The summed E-state index contributed by atoms with van der Waals surface area (Å²) in [5.74, 6) is -0.490. The van der Waals surface area contributed by atoms with Crippen molar-refractivity contribution >= 4 is 51.2 Å². The van der Waals surface area contributed by atoms with Crippen LogP contribution in [0.5, 0.6) is 0 Å². The maximum absolute atomic E-state index is 12.1. The van der Waals surface area contributed by atoms with Crippen LogP contribution in [-0.4, -0.2) is 35.2 Å². The normalized spacial score (nSPS) is 12.0. The van der Waals surface area contributed by atoms with Crippen LogP contribution in [0.3, 0.4) is 0 Å². The number of aromatic nitrogens is 1. The molecule has 0 bridgehead atoms. The number of aliphatic carboxylic acids is 1. The Morgan fingerprint density at radius 3 is 2.40 bits per heavy atom. The number of hydrogen-bond acceptors (Lipinski definition) is 7. The third-order valence-electron chi connectivity index (χ3n) is 5.95. The Morgan fingerprint density at radius 2 is 1.74 bits per heavy atom. The number of pyridine rings is 1. The van der Waals surface area contributed by atoms with Gasteiger partial charge in [0.15, 0.2) is 0 Å². The van der Waals surface area contributed by atoms with Gasteiger partial charge in [0.1, 0.15) is 28.4 Å². The molecule has 0 aliphatic carbocycles. The molecule has 0 spiro atoms. The summed E-state index contributed by atoms with van der Waals surface area (Å²) < 4.78 is 0. The molecule has 0 radical (unpaired) electrons. The monoisotopic (exact) mass is 492 g/mol. The maximum atomic E-state index is 12.1. The zero-order chi connectivity index (χ0) is 25.1. The average molecular weight is 493 g/mol. The Morgan fingerprint density at radius 1 is 1.06 bits per heavy atom. The number of nitrogens with one attached hydrogen (secondary N) is 2. The molecule has 3 aromatic carbocycles. The summed E-state index contributed by atoms with van der Waals surface area (Å²) in [6, 6.07) is 15.7. The highest BCUT2D eigenvalue weighted by Gasteiger charge is 2.29. The fourth-order valence-corrected chi connectivity index (χ4v) is 4.29. The fraction of sp³-hybridized carbons (Fsp3) is 0.231. The number of carboxylic acids is 1. The van der Waals surface area contributed by atoms with E-state index in [-0.39, 0.29) is 17.8 Å². The number of nitrogens with zero attached hydrogens (tertiary/aromatic N) is 2. The Kier molecular flexibility index (Phi) is 7.02. The molecule has 0 amide bonds. The van der Waals surface area contributed by atoms with Gasteiger partial charge in [-0.15, -0.1) is 0 Å². The van der Waals surface area contributed by atoms with Gasteiger partial charge in [-0.2, -0.15) is 0 Å². The molecule has 1 atom stereocenters. The number of rotatable bonds is 10. The number of halogens is 1. The highest BCUT2D eigenvalue weighted by molar-refractivity contribution is 6.30. The Bertz CT molecular complexity index is 1440. The maximum Gasteiger partial charge on any atom is 0.326 e. The molecule has 3 N–H and O–H groups in total. The molecule has 0 aliphatic heterocycles. The van der Waals surface area contributed by atoms with Crippen molar-refractivity contribution in [3.05, 3.63) is 85.8 Å². The lowest BCUT2D eigenvalue weighted by Crippen LogP contribution is -2.45. The fourth-order valence-electron chi connectivity index (χ4n) is 4.09. The number of benzene rings is 2. The number of anilines is 4. The van der Waals surface area contributed by atoms with E-state index in [1.807, 2.05) is 50.2 Å². The standard InChI is InChI=1S/C26H25ClN4O4/c1-3-31(4-2)22-21(23(32)24(22)33)29-19(26(34)35)13-15-9-11-17(12-10-15)28-25-18-8-6-5-7-16(18)14-20(27)30-25/h5-12,14,19,29H,3-4,13H2,1-2H3,(H,28,30)(H,34,35)/t19-/m0/s1. The molecule has 9 heteroatoms. The van der Waals surface area contributed by atoms with Crippen LogP contribution in [0.4, 0.5) is 22.9 Å². The van der Waals surface area contributed by atoms with E-state index < -0.39 is 22.9 Å². The summed E-state index contributed by atoms with van der Waals surface area (Å²) >= 11 is 6.16. The van der Waals surface area contributed by atoms with Crippen LogP contribution in [-0.2, 0) is 11.2 Å². The first-order valence-corrected chi connectivity index (χ1v) is 11.7. The number of hydrogen-bond donors (Lipinski definition) is 3. The minimum absolute atomic E-state index is 0.0725. The third kappa shape index (κ3) is 4.97. The van der Waals surface area contributed by atoms with Gasteiger partial charge in [-0.3, -0.25) is 9.59 Å². The predicted molar refractivity (Wildman–Crippen MR) is 140 cm³/mol. The van der Waals surface area contributed by atoms with Crippen LogP contribution in [0.15, 0.2) is 64.2 Å². The van der Waals surface area contributed by atoms with Crippen LogP contribution < -0.4 is 26.4 Å². The largest absolute Gasteiger partial charge is 0.480 e. The average Bonchev–Trinajstić information content (AvgIpc) is 2.86. The molecule has 8 nitrogen and oxygen atoms in total. The lowest BCUT2D eigenvalue weighted by Gasteiger charge is -2.26. The molecule has 4 aromatic rings. The van der Waals surface area contributed by atoms with Gasteiger partial charge in [0.05, 0.1) is 0 Å². The molecule has 1 aromatic heterocycles. The van der Waals surface area contributed by atoms with Crippen molar-refractivity contribution in [2.75, 3.05) is 28.6 Å². The van der Waals surface area contributed by atoms with Gasteiger partial charge in [0.25, 0.3) is 10.9 Å². The Labute approximate surface area is 206 Å². The van der Waals surface area contributed by atoms with Gasteiger partial charge >= 0.3 is 5.97 Å². The molecule has 4 rings (SSSR count). The zero-order valence-electron chi connectivity index (χ0n) is 19.3. The topological polar surface area (TPSA) is 112 Å². The number of carbonyl (C=O) groups is 1. The van der Waals surface area contributed by atoms with Crippen molar-refractivity contribution in [2.24, 2.45) is 0 Å². The highest BCUT2D eigenvalue weighted by atomic mass is 35.5. The first-order valence-electron chi connectivity index (χ1n) is 11.3. The summed E-state index contributed by atoms with van der Waals surface area (Å²) in [6.07, 6.45) is 0.129. The zero-order valence-corrected chi connectivity index (χ0v) is 20.1. The molecular weight excluding hydrogens is 468 g/mol. The minimum Gasteiger partial charge on any atom is -0.480 e. The van der Waals surface area contributed by atoms with Gasteiger partial charge in [-0.25, -0.2) is 9.78 Å². The lowest BCUT2D eigenvalue weighted by molar-refractivity contribution is -0.137. The van der Waals surface area contributed by atoms with E-state index in [1.54, 1.807) is 23.1 Å². The number of carboxylic acid groups (broad SMARTS) is 1. The molecule has 0 fully saturated rings. The SMILES string of the molecule is CCN(CC)c1c(N[C@@H](Cc2ccc(Nc3nc(Cl)cc4ccccc34)cc2)C(=O)O)c(=O)c1=O. The van der Waals surface area contributed by atoms with Gasteiger partial charge < -0.3 is 20.6 Å². The molecule has 0 unspecified atom stereocenters. The third-order valence-corrected chi connectivity index (χ3v) is 6.14. The van der Waals surface area contributed by atoms with E-state index in [1.165, 1.54) is 0 Å². The highest BCUT2D eigenvalue weighted by Crippen LogP contribution is 2.28. The Hall–Kier alpha value is -3.91. The van der Waals surface area contributed by atoms with Crippen molar-refractivity contribution in [1.82, 2.24) is 4.98 Å². The second-order valence-electron chi connectivity index (χ2n) is 8.13. The smallest absolute Gasteiger partial charge is 0.326 e. The summed E-state index contributed by atoms with van der Waals surface area (Å²) in [7, 11) is 0.